The number of hydrogen-bond donors (Lipinski definition) is 1. The van der Waals surface area contributed by atoms with Gasteiger partial charge < -0.3 is 14.2 Å². The summed E-state index contributed by atoms with van der Waals surface area (Å²) in [7, 11) is 0. The van der Waals surface area contributed by atoms with Crippen LogP contribution in [0, 0.1) is 11.5 Å². The summed E-state index contributed by atoms with van der Waals surface area (Å²) in [6.45, 7) is 0.877. The Morgan fingerprint density at radius 3 is 2.82 bits per heavy atom. The Morgan fingerprint density at radius 1 is 1.41 bits per heavy atom. The van der Waals surface area contributed by atoms with Gasteiger partial charge >= 0.3 is 6.09 Å². The SMILES string of the molecule is CSC(=Nc1cc2c(cc1N1CCOC1=O)OCO2)NC#N. The molecule has 0 atom stereocenters. The van der Waals surface area contributed by atoms with Crippen LogP contribution < -0.4 is 19.7 Å². The van der Waals surface area contributed by atoms with E-state index in [1.807, 2.05) is 6.19 Å². The van der Waals surface area contributed by atoms with E-state index in [0.29, 0.717) is 41.2 Å². The van der Waals surface area contributed by atoms with Crippen molar-refractivity contribution in [2.45, 2.75) is 0 Å². The molecule has 1 N–H and O–H groups in total. The summed E-state index contributed by atoms with van der Waals surface area (Å²) < 4.78 is 15.7. The molecular formula is C13H12N4O4S. The molecule has 1 amide bonds. The molecule has 2 aliphatic heterocycles. The molecule has 0 saturated carbocycles. The van der Waals surface area contributed by atoms with Crippen molar-refractivity contribution in [2.24, 2.45) is 4.99 Å². The summed E-state index contributed by atoms with van der Waals surface area (Å²) in [5.41, 5.74) is 1.05. The molecule has 0 radical (unpaired) electrons. The number of fused-ring (bicyclic) bond motifs is 1. The molecule has 2 heterocycles. The van der Waals surface area contributed by atoms with Crippen molar-refractivity contribution in [2.75, 3.05) is 31.1 Å². The first-order valence-electron chi connectivity index (χ1n) is 6.38. The number of amidine groups is 1. The van der Waals surface area contributed by atoms with E-state index in [1.54, 1.807) is 18.4 Å². The Balaban J connectivity index is 2.07. The van der Waals surface area contributed by atoms with Crippen molar-refractivity contribution in [3.05, 3.63) is 12.1 Å². The molecule has 1 aromatic carbocycles. The van der Waals surface area contributed by atoms with Gasteiger partial charge in [0, 0.05) is 12.1 Å². The fraction of sp³-hybridized carbons (Fsp3) is 0.308. The Labute approximate surface area is 130 Å². The van der Waals surface area contributed by atoms with Crippen LogP contribution in [0.25, 0.3) is 0 Å². The van der Waals surface area contributed by atoms with Crippen molar-refractivity contribution in [1.82, 2.24) is 5.32 Å². The highest BCUT2D eigenvalue weighted by Gasteiger charge is 2.28. The number of benzene rings is 1. The number of ether oxygens (including phenoxy) is 3. The summed E-state index contributed by atoms with van der Waals surface area (Å²) in [4.78, 5) is 17.7. The number of hydrogen-bond acceptors (Lipinski definition) is 7. The van der Waals surface area contributed by atoms with Gasteiger partial charge in [-0.05, 0) is 6.26 Å². The molecule has 3 rings (SSSR count). The minimum absolute atomic E-state index is 0.123. The minimum atomic E-state index is -0.436. The third kappa shape index (κ3) is 2.60. The number of amides is 1. The predicted octanol–water partition coefficient (Wildman–Crippen LogP) is 1.79. The molecule has 114 valence electrons. The van der Waals surface area contributed by atoms with E-state index >= 15 is 0 Å². The van der Waals surface area contributed by atoms with Crippen LogP contribution in [0.4, 0.5) is 16.2 Å². The molecule has 0 spiro atoms. The smallest absolute Gasteiger partial charge is 0.414 e. The number of carbonyl (C=O) groups is 1. The van der Waals surface area contributed by atoms with Crippen molar-refractivity contribution >= 4 is 34.4 Å². The first kappa shape index (κ1) is 14.3. The molecule has 9 heteroatoms. The first-order valence-corrected chi connectivity index (χ1v) is 7.61. The lowest BCUT2D eigenvalue weighted by atomic mass is 10.2. The second kappa shape index (κ2) is 6.03. The second-order valence-electron chi connectivity index (χ2n) is 4.32. The van der Waals surface area contributed by atoms with Crippen LogP contribution in [0.5, 0.6) is 11.5 Å². The summed E-state index contributed by atoms with van der Waals surface area (Å²) in [5.74, 6) is 1.10. The third-order valence-corrected chi connectivity index (χ3v) is 3.68. The number of thioether (sulfide) groups is 1. The molecule has 1 fully saturated rings. The largest absolute Gasteiger partial charge is 0.454 e. The van der Waals surface area contributed by atoms with E-state index in [1.165, 1.54) is 16.7 Å². The Morgan fingerprint density at radius 2 is 2.18 bits per heavy atom. The Bertz CT molecular complexity index is 685. The zero-order valence-corrected chi connectivity index (χ0v) is 12.5. The summed E-state index contributed by atoms with van der Waals surface area (Å²) in [6, 6.07) is 3.37. The van der Waals surface area contributed by atoms with Crippen molar-refractivity contribution in [3.63, 3.8) is 0 Å². The summed E-state index contributed by atoms with van der Waals surface area (Å²) in [5, 5.41) is 11.6. The van der Waals surface area contributed by atoms with E-state index < -0.39 is 6.09 Å². The van der Waals surface area contributed by atoms with Crippen molar-refractivity contribution in [1.29, 1.82) is 5.26 Å². The molecule has 0 bridgehead atoms. The number of nitrogens with zero attached hydrogens (tertiary/aromatic N) is 3. The van der Waals surface area contributed by atoms with Gasteiger partial charge in [0.25, 0.3) is 0 Å². The maximum Gasteiger partial charge on any atom is 0.414 e. The van der Waals surface area contributed by atoms with Crippen LogP contribution in [0.2, 0.25) is 0 Å². The second-order valence-corrected chi connectivity index (χ2v) is 5.11. The van der Waals surface area contributed by atoms with Crippen molar-refractivity contribution < 1.29 is 19.0 Å². The maximum atomic E-state index is 11.8. The van der Waals surface area contributed by atoms with E-state index in [-0.39, 0.29) is 6.79 Å². The van der Waals surface area contributed by atoms with Gasteiger partial charge in [-0.25, -0.2) is 9.79 Å². The third-order valence-electron chi connectivity index (χ3n) is 3.10. The molecule has 1 saturated heterocycles. The van der Waals surface area contributed by atoms with E-state index in [4.69, 9.17) is 19.5 Å². The van der Waals surface area contributed by atoms with Crippen LogP contribution >= 0.6 is 11.8 Å². The van der Waals surface area contributed by atoms with E-state index in [0.717, 1.165) is 0 Å². The first-order chi connectivity index (χ1) is 10.7. The molecule has 22 heavy (non-hydrogen) atoms. The fourth-order valence-corrected chi connectivity index (χ4v) is 2.46. The maximum absolute atomic E-state index is 11.8. The van der Waals surface area contributed by atoms with Gasteiger partial charge in [-0.2, -0.15) is 5.26 Å². The van der Waals surface area contributed by atoms with Gasteiger partial charge in [-0.3, -0.25) is 10.2 Å². The van der Waals surface area contributed by atoms with Crippen LogP contribution in [0.1, 0.15) is 0 Å². The fourth-order valence-electron chi connectivity index (χ4n) is 2.12. The van der Waals surface area contributed by atoms with Crippen LogP contribution in [0.3, 0.4) is 0 Å². The standard InChI is InChI=1S/C13H12N4O4S/c1-22-12(15-6-14)16-8-4-10-11(21-7-20-10)5-9(8)17-2-3-19-13(17)18/h4-5H,2-3,7H2,1H3,(H,15,16). The highest BCUT2D eigenvalue weighted by Crippen LogP contribution is 2.43. The Hall–Kier alpha value is -2.60. The number of aliphatic imine (C=N–C) groups is 1. The minimum Gasteiger partial charge on any atom is -0.454 e. The van der Waals surface area contributed by atoms with Crippen LogP contribution in [0.15, 0.2) is 17.1 Å². The van der Waals surface area contributed by atoms with Gasteiger partial charge in [0.15, 0.2) is 22.9 Å². The molecular weight excluding hydrogens is 308 g/mol. The van der Waals surface area contributed by atoms with Crippen LogP contribution in [-0.2, 0) is 4.74 Å². The Kier molecular flexibility index (Phi) is 3.93. The molecule has 0 unspecified atom stereocenters. The molecule has 1 aromatic rings. The summed E-state index contributed by atoms with van der Waals surface area (Å²) >= 11 is 1.28. The zero-order chi connectivity index (χ0) is 15.5. The van der Waals surface area contributed by atoms with Crippen LogP contribution in [-0.4, -0.2) is 37.5 Å². The van der Waals surface area contributed by atoms with E-state index in [9.17, 15) is 4.79 Å². The monoisotopic (exact) mass is 320 g/mol. The van der Waals surface area contributed by atoms with Gasteiger partial charge in [0.1, 0.15) is 6.61 Å². The number of anilines is 1. The molecule has 0 aromatic heterocycles. The van der Waals surface area contributed by atoms with Gasteiger partial charge in [0.05, 0.1) is 17.9 Å². The lowest BCUT2D eigenvalue weighted by Crippen LogP contribution is -2.23. The normalized spacial score (nSPS) is 16.5. The summed E-state index contributed by atoms with van der Waals surface area (Å²) in [6.07, 6.45) is 3.18. The van der Waals surface area contributed by atoms with Gasteiger partial charge in [-0.1, -0.05) is 11.8 Å². The predicted molar refractivity (Wildman–Crippen MR) is 80.6 cm³/mol. The molecule has 8 nitrogen and oxygen atoms in total. The number of nitriles is 1. The average Bonchev–Trinajstić information content (AvgIpc) is 3.14. The quantitative estimate of drug-likeness (QED) is 0.384. The molecule has 0 aliphatic carbocycles. The number of carbonyl (C=O) groups excluding carboxylic acids is 1. The number of cyclic esters (lactones) is 1. The lowest BCUT2D eigenvalue weighted by molar-refractivity contribution is 0.174. The highest BCUT2D eigenvalue weighted by atomic mass is 32.2. The average molecular weight is 320 g/mol. The number of rotatable bonds is 2. The molecule has 2 aliphatic rings. The van der Waals surface area contributed by atoms with E-state index in [2.05, 4.69) is 10.3 Å². The highest BCUT2D eigenvalue weighted by molar-refractivity contribution is 8.13. The van der Waals surface area contributed by atoms with Crippen molar-refractivity contribution in [3.8, 4) is 17.7 Å². The topological polar surface area (TPSA) is 96.2 Å². The lowest BCUT2D eigenvalue weighted by Gasteiger charge is -2.16. The van der Waals surface area contributed by atoms with Gasteiger partial charge in [0.2, 0.25) is 6.79 Å². The van der Waals surface area contributed by atoms with Gasteiger partial charge in [-0.15, -0.1) is 0 Å². The zero-order valence-electron chi connectivity index (χ0n) is 11.7. The number of nitrogens with one attached hydrogen (secondary N) is 1.